The second-order valence-electron chi connectivity index (χ2n) is 5.89. The van der Waals surface area contributed by atoms with Crippen molar-refractivity contribution in [2.45, 2.75) is 13.8 Å². The molecule has 6 nitrogen and oxygen atoms in total. The van der Waals surface area contributed by atoms with Crippen LogP contribution in [0.5, 0.6) is 0 Å². The quantitative estimate of drug-likeness (QED) is 0.683. The molecule has 0 aliphatic carbocycles. The van der Waals surface area contributed by atoms with Crippen molar-refractivity contribution in [1.82, 2.24) is 10.2 Å². The van der Waals surface area contributed by atoms with Gasteiger partial charge in [0.2, 0.25) is 0 Å². The van der Waals surface area contributed by atoms with E-state index in [1.165, 1.54) is 6.92 Å². The number of rotatable bonds is 5. The Morgan fingerprint density at radius 2 is 1.65 bits per heavy atom. The van der Waals surface area contributed by atoms with Crippen LogP contribution in [-0.4, -0.2) is 21.9 Å². The first-order valence-corrected chi connectivity index (χ1v) is 8.11. The van der Waals surface area contributed by atoms with Gasteiger partial charge in [-0.05, 0) is 67.9 Å². The van der Waals surface area contributed by atoms with Crippen LogP contribution in [0.25, 0.3) is 0 Å². The van der Waals surface area contributed by atoms with Crippen molar-refractivity contribution < 1.29 is 9.59 Å². The molecule has 26 heavy (non-hydrogen) atoms. The molecular weight excluding hydrogens is 328 g/mol. The Balaban J connectivity index is 1.66. The summed E-state index contributed by atoms with van der Waals surface area (Å²) in [6.45, 7) is 3.48. The van der Waals surface area contributed by atoms with E-state index in [0.29, 0.717) is 17.1 Å². The van der Waals surface area contributed by atoms with Crippen molar-refractivity contribution in [3.63, 3.8) is 0 Å². The highest BCUT2D eigenvalue weighted by molar-refractivity contribution is 6.02. The molecule has 0 aliphatic heterocycles. The standard InChI is InChI=1S/C20H18N4O2/c1-13-4-3-5-17(12-13)22-20(26)18-10-11-19(24-23-18)21-16-8-6-15(7-9-16)14(2)25/h3-12H,1-2H3,(H,21,24)(H,22,26). The van der Waals surface area contributed by atoms with E-state index in [4.69, 9.17) is 0 Å². The van der Waals surface area contributed by atoms with E-state index in [-0.39, 0.29) is 17.4 Å². The summed E-state index contributed by atoms with van der Waals surface area (Å²) < 4.78 is 0. The third kappa shape index (κ3) is 4.30. The highest BCUT2D eigenvalue weighted by Crippen LogP contribution is 2.16. The van der Waals surface area contributed by atoms with Gasteiger partial charge in [0.25, 0.3) is 5.91 Å². The molecule has 0 aliphatic rings. The van der Waals surface area contributed by atoms with Crippen LogP contribution < -0.4 is 10.6 Å². The van der Waals surface area contributed by atoms with Crippen LogP contribution in [0.4, 0.5) is 17.2 Å². The van der Waals surface area contributed by atoms with Crippen LogP contribution in [0, 0.1) is 6.92 Å². The molecule has 3 aromatic rings. The summed E-state index contributed by atoms with van der Waals surface area (Å²) >= 11 is 0. The van der Waals surface area contributed by atoms with Gasteiger partial charge < -0.3 is 10.6 Å². The van der Waals surface area contributed by atoms with Crippen LogP contribution in [-0.2, 0) is 0 Å². The summed E-state index contributed by atoms with van der Waals surface area (Å²) in [6.07, 6.45) is 0. The van der Waals surface area contributed by atoms with Gasteiger partial charge in [0.1, 0.15) is 0 Å². The SMILES string of the molecule is CC(=O)c1ccc(Nc2ccc(C(=O)Nc3cccc(C)c3)nn2)cc1. The maximum absolute atomic E-state index is 12.2. The first kappa shape index (κ1) is 17.3. The van der Waals surface area contributed by atoms with Gasteiger partial charge in [0.15, 0.2) is 17.3 Å². The van der Waals surface area contributed by atoms with Gasteiger partial charge in [0, 0.05) is 16.9 Å². The molecule has 130 valence electrons. The lowest BCUT2D eigenvalue weighted by molar-refractivity contribution is 0.101. The van der Waals surface area contributed by atoms with Crippen molar-refractivity contribution in [2.75, 3.05) is 10.6 Å². The summed E-state index contributed by atoms with van der Waals surface area (Å²) in [4.78, 5) is 23.5. The second-order valence-corrected chi connectivity index (χ2v) is 5.89. The van der Waals surface area contributed by atoms with Crippen LogP contribution in [0.2, 0.25) is 0 Å². The fourth-order valence-electron chi connectivity index (χ4n) is 2.37. The maximum Gasteiger partial charge on any atom is 0.276 e. The number of aromatic nitrogens is 2. The number of carbonyl (C=O) groups is 2. The molecule has 0 radical (unpaired) electrons. The Bertz CT molecular complexity index is 935. The molecule has 0 atom stereocenters. The molecule has 0 bridgehead atoms. The van der Waals surface area contributed by atoms with Crippen LogP contribution in [0.3, 0.4) is 0 Å². The average Bonchev–Trinajstić information content (AvgIpc) is 2.63. The number of hydrogen-bond acceptors (Lipinski definition) is 5. The van der Waals surface area contributed by atoms with Gasteiger partial charge in [-0.3, -0.25) is 9.59 Å². The van der Waals surface area contributed by atoms with E-state index < -0.39 is 0 Å². The number of ketones is 1. The zero-order valence-corrected chi connectivity index (χ0v) is 14.5. The van der Waals surface area contributed by atoms with Crippen molar-refractivity contribution in [3.05, 3.63) is 77.5 Å². The number of benzene rings is 2. The van der Waals surface area contributed by atoms with Crippen LogP contribution >= 0.6 is 0 Å². The number of nitrogens with zero attached hydrogens (tertiary/aromatic N) is 2. The smallest absolute Gasteiger partial charge is 0.276 e. The Hall–Kier alpha value is -3.54. The molecule has 3 rings (SSSR count). The molecule has 1 aromatic heterocycles. The summed E-state index contributed by atoms with van der Waals surface area (Å²) in [5.74, 6) is 0.202. The van der Waals surface area contributed by atoms with Gasteiger partial charge in [-0.1, -0.05) is 12.1 Å². The summed E-state index contributed by atoms with van der Waals surface area (Å²) in [5, 5.41) is 13.9. The van der Waals surface area contributed by atoms with Gasteiger partial charge >= 0.3 is 0 Å². The molecule has 1 heterocycles. The lowest BCUT2D eigenvalue weighted by atomic mass is 10.1. The second kappa shape index (κ2) is 7.57. The third-order valence-electron chi connectivity index (χ3n) is 3.74. The monoisotopic (exact) mass is 346 g/mol. The van der Waals surface area contributed by atoms with E-state index in [1.54, 1.807) is 36.4 Å². The number of Topliss-reactive ketones (excluding diaryl/α,β-unsaturated/α-hetero) is 1. The lowest BCUT2D eigenvalue weighted by Crippen LogP contribution is -2.14. The van der Waals surface area contributed by atoms with E-state index in [2.05, 4.69) is 20.8 Å². The molecule has 0 unspecified atom stereocenters. The number of anilines is 3. The van der Waals surface area contributed by atoms with E-state index in [1.807, 2.05) is 31.2 Å². The molecule has 0 fully saturated rings. The Labute approximate surface area is 151 Å². The van der Waals surface area contributed by atoms with Crippen molar-refractivity contribution in [3.8, 4) is 0 Å². The van der Waals surface area contributed by atoms with E-state index in [0.717, 1.165) is 11.3 Å². The zero-order chi connectivity index (χ0) is 18.5. The van der Waals surface area contributed by atoms with Crippen molar-refractivity contribution in [2.24, 2.45) is 0 Å². The summed E-state index contributed by atoms with van der Waals surface area (Å²) in [6, 6.07) is 17.9. The van der Waals surface area contributed by atoms with Crippen molar-refractivity contribution >= 4 is 28.9 Å². The normalized spacial score (nSPS) is 10.2. The number of aryl methyl sites for hydroxylation is 1. The van der Waals surface area contributed by atoms with E-state index in [9.17, 15) is 9.59 Å². The van der Waals surface area contributed by atoms with Gasteiger partial charge in [-0.2, -0.15) is 0 Å². The minimum atomic E-state index is -0.319. The number of hydrogen-bond donors (Lipinski definition) is 2. The zero-order valence-electron chi connectivity index (χ0n) is 14.5. The molecule has 0 saturated carbocycles. The summed E-state index contributed by atoms with van der Waals surface area (Å²) in [7, 11) is 0. The average molecular weight is 346 g/mol. The van der Waals surface area contributed by atoms with Crippen LogP contribution in [0.15, 0.2) is 60.7 Å². The Morgan fingerprint density at radius 1 is 0.885 bits per heavy atom. The van der Waals surface area contributed by atoms with Crippen molar-refractivity contribution in [1.29, 1.82) is 0 Å². The molecule has 1 amide bonds. The van der Waals surface area contributed by atoms with Gasteiger partial charge in [-0.25, -0.2) is 0 Å². The molecule has 6 heteroatoms. The molecular formula is C20H18N4O2. The highest BCUT2D eigenvalue weighted by Gasteiger charge is 2.09. The number of carbonyl (C=O) groups excluding carboxylic acids is 2. The molecule has 0 saturated heterocycles. The van der Waals surface area contributed by atoms with Gasteiger partial charge in [-0.15, -0.1) is 10.2 Å². The number of nitrogens with one attached hydrogen (secondary N) is 2. The minimum absolute atomic E-state index is 0.0142. The highest BCUT2D eigenvalue weighted by atomic mass is 16.2. The first-order chi connectivity index (χ1) is 12.5. The maximum atomic E-state index is 12.2. The Kier molecular flexibility index (Phi) is 5.03. The largest absolute Gasteiger partial charge is 0.339 e. The fraction of sp³-hybridized carbons (Fsp3) is 0.100. The van der Waals surface area contributed by atoms with E-state index >= 15 is 0 Å². The lowest BCUT2D eigenvalue weighted by Gasteiger charge is -2.07. The topological polar surface area (TPSA) is 84.0 Å². The first-order valence-electron chi connectivity index (χ1n) is 8.11. The Morgan fingerprint density at radius 3 is 2.27 bits per heavy atom. The number of amides is 1. The molecule has 0 spiro atoms. The molecule has 2 aromatic carbocycles. The third-order valence-corrected chi connectivity index (χ3v) is 3.74. The minimum Gasteiger partial charge on any atom is -0.339 e. The summed E-state index contributed by atoms with van der Waals surface area (Å²) in [5.41, 5.74) is 3.42. The van der Waals surface area contributed by atoms with Crippen LogP contribution in [0.1, 0.15) is 33.3 Å². The fourth-order valence-corrected chi connectivity index (χ4v) is 2.37. The molecule has 2 N–H and O–H groups in total. The predicted octanol–water partition coefficient (Wildman–Crippen LogP) is 3.98. The van der Waals surface area contributed by atoms with Gasteiger partial charge in [0.05, 0.1) is 0 Å². The predicted molar refractivity (Wildman–Crippen MR) is 101 cm³/mol.